The highest BCUT2D eigenvalue weighted by Crippen LogP contribution is 2.21. The smallest absolute Gasteiger partial charge is 0.326 e. The molecule has 2 aromatic heterocycles. The van der Waals surface area contributed by atoms with Crippen LogP contribution < -0.4 is 5.32 Å². The number of amides is 1. The summed E-state index contributed by atoms with van der Waals surface area (Å²) >= 11 is 0. The van der Waals surface area contributed by atoms with Crippen LogP contribution in [-0.4, -0.2) is 32.6 Å². The molecule has 1 amide bonds. The number of carboxylic acids is 1. The number of H-pyrrole nitrogens is 1. The summed E-state index contributed by atoms with van der Waals surface area (Å²) in [6, 6.07) is 8.76. The Kier molecular flexibility index (Phi) is 5.08. The molecule has 6 nitrogen and oxygen atoms in total. The average molecular weight is 367 g/mol. The van der Waals surface area contributed by atoms with Gasteiger partial charge in [-0.05, 0) is 45.4 Å². The van der Waals surface area contributed by atoms with Gasteiger partial charge < -0.3 is 20.0 Å². The minimum absolute atomic E-state index is 0.216. The maximum atomic E-state index is 12.8. The SMILES string of the molecule is Cc1cc(C(=O)NC(Cc2c[nH]c3ccccc23)C(=O)O)c(C)n1C(C)C. The monoisotopic (exact) mass is 367 g/mol. The van der Waals surface area contributed by atoms with Gasteiger partial charge in [0.1, 0.15) is 6.04 Å². The van der Waals surface area contributed by atoms with Crippen LogP contribution in [0, 0.1) is 13.8 Å². The largest absolute Gasteiger partial charge is 0.480 e. The van der Waals surface area contributed by atoms with Crippen molar-refractivity contribution in [1.82, 2.24) is 14.9 Å². The predicted octanol–water partition coefficient (Wildman–Crippen LogP) is 3.59. The lowest BCUT2D eigenvalue weighted by molar-refractivity contribution is -0.139. The number of aromatic nitrogens is 2. The fourth-order valence-electron chi connectivity index (χ4n) is 3.76. The van der Waals surface area contributed by atoms with Gasteiger partial charge in [-0.25, -0.2) is 4.79 Å². The molecular formula is C21H25N3O3. The highest BCUT2D eigenvalue weighted by atomic mass is 16.4. The van der Waals surface area contributed by atoms with E-state index in [4.69, 9.17) is 0 Å². The summed E-state index contributed by atoms with van der Waals surface area (Å²) in [5, 5.41) is 13.3. The number of aryl methyl sites for hydroxylation is 1. The van der Waals surface area contributed by atoms with E-state index in [1.54, 1.807) is 6.20 Å². The zero-order valence-corrected chi connectivity index (χ0v) is 16.0. The number of aromatic amines is 1. The van der Waals surface area contributed by atoms with E-state index in [0.717, 1.165) is 27.9 Å². The standard InChI is InChI=1S/C21H25N3O3/c1-12(2)24-13(3)9-17(14(24)4)20(25)23-19(21(26)27)10-15-11-22-18-8-6-5-7-16(15)18/h5-9,11-12,19,22H,10H2,1-4H3,(H,23,25)(H,26,27). The lowest BCUT2D eigenvalue weighted by Gasteiger charge is -2.16. The number of benzene rings is 1. The van der Waals surface area contributed by atoms with E-state index in [1.165, 1.54) is 0 Å². The van der Waals surface area contributed by atoms with Gasteiger partial charge in [0.15, 0.2) is 0 Å². The van der Waals surface area contributed by atoms with Crippen LogP contribution >= 0.6 is 0 Å². The Morgan fingerprint density at radius 2 is 1.93 bits per heavy atom. The normalized spacial score (nSPS) is 12.5. The number of fused-ring (bicyclic) bond motifs is 1. The highest BCUT2D eigenvalue weighted by Gasteiger charge is 2.25. The predicted molar refractivity (Wildman–Crippen MR) is 105 cm³/mol. The first-order valence-electron chi connectivity index (χ1n) is 9.06. The fraction of sp³-hybridized carbons (Fsp3) is 0.333. The van der Waals surface area contributed by atoms with E-state index in [1.807, 2.05) is 44.2 Å². The van der Waals surface area contributed by atoms with Gasteiger partial charge in [0.05, 0.1) is 5.56 Å². The van der Waals surface area contributed by atoms with Gasteiger partial charge in [-0.2, -0.15) is 0 Å². The maximum absolute atomic E-state index is 12.8. The number of carbonyl (C=O) groups is 2. The minimum Gasteiger partial charge on any atom is -0.480 e. The van der Waals surface area contributed by atoms with Crippen LogP contribution in [0.4, 0.5) is 0 Å². The van der Waals surface area contributed by atoms with Crippen molar-refractivity contribution < 1.29 is 14.7 Å². The van der Waals surface area contributed by atoms with Gasteiger partial charge in [-0.15, -0.1) is 0 Å². The van der Waals surface area contributed by atoms with E-state index < -0.39 is 12.0 Å². The molecule has 2 heterocycles. The molecule has 0 radical (unpaired) electrons. The number of nitrogens with one attached hydrogen (secondary N) is 2. The van der Waals surface area contributed by atoms with E-state index >= 15 is 0 Å². The lowest BCUT2D eigenvalue weighted by Crippen LogP contribution is -2.42. The van der Waals surface area contributed by atoms with E-state index in [9.17, 15) is 14.7 Å². The Bertz CT molecular complexity index is 997. The van der Waals surface area contributed by atoms with Crippen molar-refractivity contribution in [3.05, 3.63) is 59.0 Å². The number of carboxylic acid groups (broad SMARTS) is 1. The number of rotatable bonds is 6. The first kappa shape index (κ1) is 18.8. The van der Waals surface area contributed by atoms with Crippen LogP contribution in [0.15, 0.2) is 36.5 Å². The molecule has 1 atom stereocenters. The van der Waals surface area contributed by atoms with Crippen LogP contribution in [0.2, 0.25) is 0 Å². The van der Waals surface area contributed by atoms with Crippen molar-refractivity contribution in [3.8, 4) is 0 Å². The number of hydrogen-bond acceptors (Lipinski definition) is 2. The molecule has 0 aliphatic carbocycles. The van der Waals surface area contributed by atoms with Gasteiger partial charge in [-0.3, -0.25) is 4.79 Å². The molecule has 27 heavy (non-hydrogen) atoms. The molecule has 0 aliphatic rings. The number of para-hydroxylation sites is 1. The lowest BCUT2D eigenvalue weighted by atomic mass is 10.0. The second-order valence-electron chi connectivity index (χ2n) is 7.18. The molecule has 0 bridgehead atoms. The zero-order valence-electron chi connectivity index (χ0n) is 16.0. The summed E-state index contributed by atoms with van der Waals surface area (Å²) in [6.45, 7) is 7.94. The summed E-state index contributed by atoms with van der Waals surface area (Å²) in [5.74, 6) is -1.41. The molecule has 1 aromatic carbocycles. The van der Waals surface area contributed by atoms with E-state index in [2.05, 4.69) is 28.7 Å². The molecule has 0 spiro atoms. The number of aliphatic carboxylic acids is 1. The van der Waals surface area contributed by atoms with Crippen LogP contribution in [0.1, 0.15) is 47.2 Å². The van der Waals surface area contributed by atoms with E-state index in [0.29, 0.717) is 5.56 Å². The Morgan fingerprint density at radius 3 is 2.56 bits per heavy atom. The first-order chi connectivity index (χ1) is 12.8. The number of carbonyl (C=O) groups excluding carboxylic acids is 1. The molecule has 6 heteroatoms. The van der Waals surface area contributed by atoms with Gasteiger partial charge in [0, 0.05) is 41.0 Å². The molecule has 3 rings (SSSR count). The molecule has 0 aliphatic heterocycles. The molecule has 3 N–H and O–H groups in total. The molecule has 3 aromatic rings. The highest BCUT2D eigenvalue weighted by molar-refractivity contribution is 5.98. The van der Waals surface area contributed by atoms with Gasteiger partial charge in [-0.1, -0.05) is 18.2 Å². The van der Waals surface area contributed by atoms with Crippen molar-refractivity contribution in [2.75, 3.05) is 0 Å². The van der Waals surface area contributed by atoms with Crippen LogP contribution in [0.5, 0.6) is 0 Å². The fourth-order valence-corrected chi connectivity index (χ4v) is 3.76. The molecule has 0 saturated heterocycles. The third kappa shape index (κ3) is 3.60. The Hall–Kier alpha value is -3.02. The van der Waals surface area contributed by atoms with Crippen molar-refractivity contribution in [1.29, 1.82) is 0 Å². The molecule has 0 saturated carbocycles. The van der Waals surface area contributed by atoms with Crippen LogP contribution in [0.3, 0.4) is 0 Å². The van der Waals surface area contributed by atoms with Crippen molar-refractivity contribution in [3.63, 3.8) is 0 Å². The maximum Gasteiger partial charge on any atom is 0.326 e. The topological polar surface area (TPSA) is 87.1 Å². The van der Waals surface area contributed by atoms with Crippen molar-refractivity contribution in [2.45, 2.75) is 46.2 Å². The second kappa shape index (κ2) is 7.31. The summed E-state index contributed by atoms with van der Waals surface area (Å²) in [7, 11) is 0. The van der Waals surface area contributed by atoms with Gasteiger partial charge in [0.2, 0.25) is 0 Å². The molecule has 142 valence electrons. The van der Waals surface area contributed by atoms with Crippen LogP contribution in [0.25, 0.3) is 10.9 Å². The van der Waals surface area contributed by atoms with E-state index in [-0.39, 0.29) is 18.4 Å². The molecule has 1 unspecified atom stereocenters. The second-order valence-corrected chi connectivity index (χ2v) is 7.18. The first-order valence-corrected chi connectivity index (χ1v) is 9.06. The third-order valence-electron chi connectivity index (χ3n) is 4.95. The van der Waals surface area contributed by atoms with Crippen molar-refractivity contribution in [2.24, 2.45) is 0 Å². The molecule has 0 fully saturated rings. The molecular weight excluding hydrogens is 342 g/mol. The quantitative estimate of drug-likeness (QED) is 0.622. The third-order valence-corrected chi connectivity index (χ3v) is 4.95. The van der Waals surface area contributed by atoms with Crippen molar-refractivity contribution >= 4 is 22.8 Å². The average Bonchev–Trinajstić information content (AvgIpc) is 3.14. The minimum atomic E-state index is -1.05. The van der Waals surface area contributed by atoms with Gasteiger partial charge in [0.25, 0.3) is 5.91 Å². The summed E-state index contributed by atoms with van der Waals surface area (Å²) in [4.78, 5) is 27.7. The summed E-state index contributed by atoms with van der Waals surface area (Å²) in [5.41, 5.74) is 4.16. The summed E-state index contributed by atoms with van der Waals surface area (Å²) in [6.07, 6.45) is 2.02. The number of hydrogen-bond donors (Lipinski definition) is 3. The zero-order chi connectivity index (χ0) is 19.7. The Balaban J connectivity index is 1.84. The summed E-state index contributed by atoms with van der Waals surface area (Å²) < 4.78 is 2.07. The van der Waals surface area contributed by atoms with Gasteiger partial charge >= 0.3 is 5.97 Å². The van der Waals surface area contributed by atoms with Crippen LogP contribution in [-0.2, 0) is 11.2 Å². The Labute approximate surface area is 158 Å². The number of nitrogens with zero attached hydrogens (tertiary/aromatic N) is 1. The Morgan fingerprint density at radius 1 is 1.22 bits per heavy atom.